The molecule has 0 atom stereocenters. The number of carbonyl (C=O) groups is 1. The molecule has 1 amide bonds. The van der Waals surface area contributed by atoms with E-state index in [2.05, 4.69) is 27.5 Å². The van der Waals surface area contributed by atoms with Crippen LogP contribution < -0.4 is 15.4 Å². The van der Waals surface area contributed by atoms with E-state index in [1.54, 1.807) is 18.2 Å². The number of hydrogen-bond donors (Lipinski definition) is 2. The van der Waals surface area contributed by atoms with Gasteiger partial charge in [0.1, 0.15) is 23.6 Å². The zero-order valence-corrected chi connectivity index (χ0v) is 15.1. The van der Waals surface area contributed by atoms with E-state index in [4.69, 9.17) is 4.74 Å². The van der Waals surface area contributed by atoms with Crippen molar-refractivity contribution in [3.05, 3.63) is 42.4 Å². The molecule has 0 aliphatic carbocycles. The first kappa shape index (κ1) is 18.7. The van der Waals surface area contributed by atoms with E-state index in [0.717, 1.165) is 18.7 Å². The zero-order valence-electron chi connectivity index (χ0n) is 15.1. The maximum Gasteiger partial charge on any atom is 0.274 e. The Morgan fingerprint density at radius 1 is 1.16 bits per heavy atom. The van der Waals surface area contributed by atoms with Gasteiger partial charge in [0.25, 0.3) is 5.91 Å². The molecule has 2 aromatic rings. The van der Waals surface area contributed by atoms with Crippen molar-refractivity contribution >= 4 is 17.4 Å². The smallest absolute Gasteiger partial charge is 0.274 e. The number of rotatable bonds is 9. The maximum atomic E-state index is 12.3. The lowest BCUT2D eigenvalue weighted by molar-refractivity contribution is 0.102. The van der Waals surface area contributed by atoms with Crippen LogP contribution in [0.1, 0.15) is 50.5 Å². The Kier molecular flexibility index (Phi) is 7.19. The fourth-order valence-electron chi connectivity index (χ4n) is 2.25. The van der Waals surface area contributed by atoms with E-state index in [0.29, 0.717) is 17.2 Å². The van der Waals surface area contributed by atoms with Crippen LogP contribution in [0.5, 0.6) is 5.75 Å². The average Bonchev–Trinajstić information content (AvgIpc) is 2.60. The van der Waals surface area contributed by atoms with Crippen molar-refractivity contribution in [3.63, 3.8) is 0 Å². The molecule has 6 nitrogen and oxygen atoms in total. The van der Waals surface area contributed by atoms with Crippen LogP contribution >= 0.6 is 0 Å². The summed E-state index contributed by atoms with van der Waals surface area (Å²) in [6, 6.07) is 8.94. The van der Waals surface area contributed by atoms with E-state index < -0.39 is 0 Å². The van der Waals surface area contributed by atoms with Gasteiger partial charge in [-0.3, -0.25) is 4.79 Å². The lowest BCUT2D eigenvalue weighted by atomic mass is 10.2. The number of hydrogen-bond acceptors (Lipinski definition) is 5. The Hall–Kier alpha value is -2.63. The molecule has 0 unspecified atom stereocenters. The second-order valence-corrected chi connectivity index (χ2v) is 6.07. The number of ether oxygens (including phenoxy) is 1. The van der Waals surface area contributed by atoms with Gasteiger partial charge in [-0.05, 0) is 44.5 Å². The second kappa shape index (κ2) is 9.61. The van der Waals surface area contributed by atoms with Crippen molar-refractivity contribution < 1.29 is 9.53 Å². The molecule has 2 N–H and O–H groups in total. The minimum Gasteiger partial charge on any atom is -0.491 e. The maximum absolute atomic E-state index is 12.3. The van der Waals surface area contributed by atoms with Gasteiger partial charge in [-0.1, -0.05) is 19.8 Å². The predicted molar refractivity (Wildman–Crippen MR) is 100 cm³/mol. The van der Waals surface area contributed by atoms with Crippen LogP contribution in [0.4, 0.5) is 11.5 Å². The molecule has 1 aromatic heterocycles. The highest BCUT2D eigenvalue weighted by molar-refractivity contribution is 6.03. The van der Waals surface area contributed by atoms with E-state index in [9.17, 15) is 4.79 Å². The van der Waals surface area contributed by atoms with E-state index in [-0.39, 0.29) is 12.0 Å². The Morgan fingerprint density at radius 2 is 1.92 bits per heavy atom. The highest BCUT2D eigenvalue weighted by Gasteiger charge is 2.09. The van der Waals surface area contributed by atoms with Gasteiger partial charge in [0, 0.05) is 18.3 Å². The number of nitrogens with one attached hydrogen (secondary N) is 2. The van der Waals surface area contributed by atoms with Crippen LogP contribution in [0.2, 0.25) is 0 Å². The molecule has 0 bridgehead atoms. The molecule has 0 saturated heterocycles. The SMILES string of the molecule is CCCCCNc1cc(C(=O)Nc2ccc(OC(C)C)cc2)ncn1. The first-order valence-corrected chi connectivity index (χ1v) is 8.72. The van der Waals surface area contributed by atoms with Gasteiger partial charge in [0.05, 0.1) is 6.10 Å². The largest absolute Gasteiger partial charge is 0.491 e. The summed E-state index contributed by atoms with van der Waals surface area (Å²) in [6.45, 7) is 6.94. The van der Waals surface area contributed by atoms with Crippen LogP contribution in [0.3, 0.4) is 0 Å². The molecular weight excluding hydrogens is 316 g/mol. The summed E-state index contributed by atoms with van der Waals surface area (Å²) in [4.78, 5) is 20.5. The third kappa shape index (κ3) is 6.41. The number of anilines is 2. The monoisotopic (exact) mass is 342 g/mol. The topological polar surface area (TPSA) is 76.1 Å². The van der Waals surface area contributed by atoms with Crippen molar-refractivity contribution in [2.45, 2.75) is 46.1 Å². The van der Waals surface area contributed by atoms with Gasteiger partial charge in [-0.25, -0.2) is 9.97 Å². The van der Waals surface area contributed by atoms with Crippen LogP contribution in [0.25, 0.3) is 0 Å². The summed E-state index contributed by atoms with van der Waals surface area (Å²) >= 11 is 0. The quantitative estimate of drug-likeness (QED) is 0.671. The van der Waals surface area contributed by atoms with Crippen molar-refractivity contribution in [3.8, 4) is 5.75 Å². The molecule has 1 heterocycles. The zero-order chi connectivity index (χ0) is 18.1. The van der Waals surface area contributed by atoms with Crippen LogP contribution in [-0.2, 0) is 0 Å². The summed E-state index contributed by atoms with van der Waals surface area (Å²) in [5.41, 5.74) is 1.02. The van der Waals surface area contributed by atoms with Crippen molar-refractivity contribution in [1.29, 1.82) is 0 Å². The summed E-state index contributed by atoms with van der Waals surface area (Å²) in [5, 5.41) is 6.05. The molecule has 0 saturated carbocycles. The molecule has 0 aliphatic rings. The number of carbonyl (C=O) groups excluding carboxylic acids is 1. The predicted octanol–water partition coefficient (Wildman–Crippen LogP) is 4.12. The van der Waals surface area contributed by atoms with Gasteiger partial charge < -0.3 is 15.4 Å². The van der Waals surface area contributed by atoms with Gasteiger partial charge >= 0.3 is 0 Å². The Bertz CT molecular complexity index is 671. The van der Waals surface area contributed by atoms with Gasteiger partial charge in [-0.15, -0.1) is 0 Å². The summed E-state index contributed by atoms with van der Waals surface area (Å²) in [5.74, 6) is 1.17. The fourth-order valence-corrected chi connectivity index (χ4v) is 2.25. The minimum absolute atomic E-state index is 0.115. The molecule has 6 heteroatoms. The first-order chi connectivity index (χ1) is 12.1. The minimum atomic E-state index is -0.267. The Morgan fingerprint density at radius 3 is 2.60 bits per heavy atom. The van der Waals surface area contributed by atoms with Gasteiger partial charge in [0.15, 0.2) is 0 Å². The lowest BCUT2D eigenvalue weighted by Crippen LogP contribution is -2.15. The average molecular weight is 342 g/mol. The summed E-state index contributed by atoms with van der Waals surface area (Å²) in [7, 11) is 0. The Labute approximate surface area is 149 Å². The van der Waals surface area contributed by atoms with Crippen LogP contribution in [-0.4, -0.2) is 28.5 Å². The molecular formula is C19H26N4O2. The number of nitrogens with zero attached hydrogens (tertiary/aromatic N) is 2. The van der Waals surface area contributed by atoms with Crippen molar-refractivity contribution in [1.82, 2.24) is 9.97 Å². The summed E-state index contributed by atoms with van der Waals surface area (Å²) in [6.07, 6.45) is 4.93. The van der Waals surface area contributed by atoms with E-state index >= 15 is 0 Å². The molecule has 1 aromatic carbocycles. The summed E-state index contributed by atoms with van der Waals surface area (Å²) < 4.78 is 5.59. The molecule has 0 spiro atoms. The number of unbranched alkanes of at least 4 members (excludes halogenated alkanes) is 2. The van der Waals surface area contributed by atoms with Crippen LogP contribution in [0.15, 0.2) is 36.7 Å². The number of aromatic nitrogens is 2. The fraction of sp³-hybridized carbons (Fsp3) is 0.421. The molecule has 25 heavy (non-hydrogen) atoms. The molecule has 0 aliphatic heterocycles. The first-order valence-electron chi connectivity index (χ1n) is 8.72. The van der Waals surface area contributed by atoms with Crippen molar-refractivity contribution in [2.75, 3.05) is 17.2 Å². The van der Waals surface area contributed by atoms with E-state index in [1.165, 1.54) is 19.2 Å². The molecule has 0 fully saturated rings. The molecule has 2 rings (SSSR count). The highest BCUT2D eigenvalue weighted by atomic mass is 16.5. The second-order valence-electron chi connectivity index (χ2n) is 6.07. The van der Waals surface area contributed by atoms with Gasteiger partial charge in [-0.2, -0.15) is 0 Å². The third-order valence-electron chi connectivity index (χ3n) is 3.47. The van der Waals surface area contributed by atoms with E-state index in [1.807, 2.05) is 26.0 Å². The number of amides is 1. The van der Waals surface area contributed by atoms with Gasteiger partial charge in [0.2, 0.25) is 0 Å². The van der Waals surface area contributed by atoms with Crippen LogP contribution in [0, 0.1) is 0 Å². The standard InChI is InChI=1S/C19H26N4O2/c1-4-5-6-11-20-18-12-17(21-13-22-18)19(24)23-15-7-9-16(10-8-15)25-14(2)3/h7-10,12-14H,4-6,11H2,1-3H3,(H,23,24)(H,20,21,22). The molecule has 0 radical (unpaired) electrons. The molecule has 134 valence electrons. The highest BCUT2D eigenvalue weighted by Crippen LogP contribution is 2.17. The Balaban J connectivity index is 1.93. The number of benzene rings is 1. The normalized spacial score (nSPS) is 10.6. The van der Waals surface area contributed by atoms with Crippen molar-refractivity contribution in [2.24, 2.45) is 0 Å². The lowest BCUT2D eigenvalue weighted by Gasteiger charge is -2.11. The third-order valence-corrected chi connectivity index (χ3v) is 3.47.